The van der Waals surface area contributed by atoms with Gasteiger partial charge in [0.15, 0.2) is 5.82 Å². The van der Waals surface area contributed by atoms with Crippen molar-refractivity contribution in [3.63, 3.8) is 0 Å². The van der Waals surface area contributed by atoms with E-state index in [4.69, 9.17) is 12.2 Å². The van der Waals surface area contributed by atoms with Crippen LogP contribution < -0.4 is 0 Å². The Balaban J connectivity index is 2.06. The molecule has 0 aliphatic heterocycles. The minimum absolute atomic E-state index is 0.134. The molecule has 0 atom stereocenters. The first-order chi connectivity index (χ1) is 11.1. The summed E-state index contributed by atoms with van der Waals surface area (Å²) in [5.74, 6) is 0.711. The molecule has 0 aliphatic carbocycles. The number of H-pyrrole nitrogens is 1. The molecule has 116 valence electrons. The van der Waals surface area contributed by atoms with Gasteiger partial charge in [0.1, 0.15) is 5.75 Å². The first-order valence-electron chi connectivity index (χ1n) is 6.51. The Bertz CT molecular complexity index is 949. The number of nitrogens with one attached hydrogen (secondary N) is 1. The average molecular weight is 454 g/mol. The van der Waals surface area contributed by atoms with Crippen molar-refractivity contribution in [3.05, 3.63) is 61.7 Å². The smallest absolute Gasteiger partial charge is 0.216 e. The Hall–Kier alpha value is -1.77. The van der Waals surface area contributed by atoms with Crippen molar-refractivity contribution >= 4 is 50.3 Å². The summed E-state index contributed by atoms with van der Waals surface area (Å²) in [6, 6.07) is 12.8. The molecule has 3 aromatic rings. The minimum atomic E-state index is 0.134. The van der Waals surface area contributed by atoms with E-state index in [1.165, 1.54) is 10.9 Å². The molecular weight excluding hydrogens is 444 g/mol. The fourth-order valence-electron chi connectivity index (χ4n) is 1.96. The average Bonchev–Trinajstić information content (AvgIpc) is 2.89. The van der Waals surface area contributed by atoms with Crippen LogP contribution in [0.5, 0.6) is 5.75 Å². The second-order valence-electron chi connectivity index (χ2n) is 4.59. The number of nitrogens with zero attached hydrogens (tertiary/aromatic N) is 3. The van der Waals surface area contributed by atoms with Gasteiger partial charge in [0.05, 0.1) is 6.21 Å². The van der Waals surface area contributed by atoms with E-state index in [1.807, 2.05) is 24.3 Å². The Kier molecular flexibility index (Phi) is 4.74. The van der Waals surface area contributed by atoms with Gasteiger partial charge in [-0.25, -0.2) is 5.10 Å². The highest BCUT2D eigenvalue weighted by molar-refractivity contribution is 9.10. The second kappa shape index (κ2) is 6.77. The van der Waals surface area contributed by atoms with E-state index < -0.39 is 0 Å². The van der Waals surface area contributed by atoms with Crippen molar-refractivity contribution in [2.24, 2.45) is 5.10 Å². The maximum Gasteiger partial charge on any atom is 0.216 e. The standard InChI is InChI=1S/C15H10Br2N4OS/c16-10-5-6-13(22)9(7-10)8-18-21-14(19-20-15(21)23)11-3-1-2-4-12(11)17/h1-8,22H,(H,20,23). The number of rotatable bonds is 3. The summed E-state index contributed by atoms with van der Waals surface area (Å²) in [5.41, 5.74) is 1.43. The number of aromatic nitrogens is 3. The van der Waals surface area contributed by atoms with Crippen LogP contribution in [0.3, 0.4) is 0 Å². The number of hydrogen-bond donors (Lipinski definition) is 2. The largest absolute Gasteiger partial charge is 0.507 e. The van der Waals surface area contributed by atoms with Crippen molar-refractivity contribution in [2.75, 3.05) is 0 Å². The number of aromatic hydroxyl groups is 1. The SMILES string of the molecule is Oc1ccc(Br)cc1C=Nn1c(-c2ccccc2Br)n[nH]c1=S. The van der Waals surface area contributed by atoms with Crippen molar-refractivity contribution in [2.45, 2.75) is 0 Å². The molecule has 0 bridgehead atoms. The van der Waals surface area contributed by atoms with Gasteiger partial charge in [-0.05, 0) is 42.5 Å². The molecule has 2 aromatic carbocycles. The van der Waals surface area contributed by atoms with Gasteiger partial charge in [-0.15, -0.1) is 0 Å². The third kappa shape index (κ3) is 3.44. The summed E-state index contributed by atoms with van der Waals surface area (Å²) in [6.07, 6.45) is 1.53. The van der Waals surface area contributed by atoms with Gasteiger partial charge in [-0.1, -0.05) is 44.0 Å². The first-order valence-corrected chi connectivity index (χ1v) is 8.51. The molecule has 1 aromatic heterocycles. The van der Waals surface area contributed by atoms with Crippen molar-refractivity contribution < 1.29 is 5.11 Å². The molecule has 0 saturated carbocycles. The van der Waals surface area contributed by atoms with Crippen molar-refractivity contribution in [1.29, 1.82) is 0 Å². The number of phenolic OH excluding ortho intramolecular Hbond substituents is 1. The van der Waals surface area contributed by atoms with Gasteiger partial charge in [0.2, 0.25) is 4.77 Å². The molecule has 1 heterocycles. The third-order valence-corrected chi connectivity index (χ3v) is 4.52. The highest BCUT2D eigenvalue weighted by atomic mass is 79.9. The molecule has 0 saturated heterocycles. The summed E-state index contributed by atoms with van der Waals surface area (Å²) in [5, 5.41) is 21.2. The van der Waals surface area contributed by atoms with Crippen LogP contribution in [0.15, 0.2) is 56.5 Å². The van der Waals surface area contributed by atoms with Gasteiger partial charge >= 0.3 is 0 Å². The number of halogens is 2. The summed E-state index contributed by atoms with van der Waals surface area (Å²) >= 11 is 12.1. The van der Waals surface area contributed by atoms with Crippen LogP contribution >= 0.6 is 44.1 Å². The molecule has 2 N–H and O–H groups in total. The van der Waals surface area contributed by atoms with E-state index in [0.29, 0.717) is 16.2 Å². The van der Waals surface area contributed by atoms with Gasteiger partial charge in [0, 0.05) is 20.1 Å². The zero-order valence-electron chi connectivity index (χ0n) is 11.6. The van der Waals surface area contributed by atoms with Crippen LogP contribution in [0.25, 0.3) is 11.4 Å². The predicted molar refractivity (Wildman–Crippen MR) is 99.3 cm³/mol. The van der Waals surface area contributed by atoms with E-state index >= 15 is 0 Å². The normalized spacial score (nSPS) is 11.2. The number of hydrogen-bond acceptors (Lipinski definition) is 4. The van der Waals surface area contributed by atoms with Crippen LogP contribution in [0.2, 0.25) is 0 Å². The number of aromatic amines is 1. The molecule has 0 radical (unpaired) electrons. The van der Waals surface area contributed by atoms with Crippen LogP contribution in [0.4, 0.5) is 0 Å². The predicted octanol–water partition coefficient (Wildman–Crippen LogP) is 4.72. The monoisotopic (exact) mass is 452 g/mol. The summed E-state index contributed by atoms with van der Waals surface area (Å²) in [4.78, 5) is 0. The molecule has 0 spiro atoms. The quantitative estimate of drug-likeness (QED) is 0.445. The van der Waals surface area contributed by atoms with Crippen LogP contribution in [-0.4, -0.2) is 26.2 Å². The molecule has 0 aliphatic rings. The Morgan fingerprint density at radius 1 is 1.22 bits per heavy atom. The topological polar surface area (TPSA) is 66.2 Å². The summed E-state index contributed by atoms with van der Waals surface area (Å²) in [6.45, 7) is 0. The lowest BCUT2D eigenvalue weighted by molar-refractivity contribution is 0.474. The molecule has 0 fully saturated rings. The van der Waals surface area contributed by atoms with Gasteiger partial charge in [-0.2, -0.15) is 14.9 Å². The molecule has 3 rings (SSSR count). The van der Waals surface area contributed by atoms with Gasteiger partial charge < -0.3 is 5.11 Å². The van der Waals surface area contributed by atoms with Crippen molar-refractivity contribution in [3.8, 4) is 17.1 Å². The Labute approximate surface area is 153 Å². The van der Waals surface area contributed by atoms with E-state index in [0.717, 1.165) is 14.5 Å². The van der Waals surface area contributed by atoms with E-state index in [2.05, 4.69) is 47.2 Å². The Morgan fingerprint density at radius 2 is 2.00 bits per heavy atom. The molecule has 5 nitrogen and oxygen atoms in total. The lowest BCUT2D eigenvalue weighted by Gasteiger charge is -2.04. The van der Waals surface area contributed by atoms with Gasteiger partial charge in [0.25, 0.3) is 0 Å². The lowest BCUT2D eigenvalue weighted by atomic mass is 10.2. The Morgan fingerprint density at radius 3 is 2.78 bits per heavy atom. The third-order valence-electron chi connectivity index (χ3n) is 3.07. The fraction of sp³-hybridized carbons (Fsp3) is 0. The highest BCUT2D eigenvalue weighted by Gasteiger charge is 2.11. The molecule has 0 amide bonds. The van der Waals surface area contributed by atoms with E-state index in [1.54, 1.807) is 18.2 Å². The van der Waals surface area contributed by atoms with Gasteiger partial charge in [-0.3, -0.25) is 0 Å². The van der Waals surface area contributed by atoms with Crippen LogP contribution in [0, 0.1) is 4.77 Å². The molecule has 23 heavy (non-hydrogen) atoms. The minimum Gasteiger partial charge on any atom is -0.507 e. The second-order valence-corrected chi connectivity index (χ2v) is 6.75. The van der Waals surface area contributed by atoms with E-state index in [-0.39, 0.29) is 5.75 Å². The van der Waals surface area contributed by atoms with Crippen LogP contribution in [-0.2, 0) is 0 Å². The summed E-state index contributed by atoms with van der Waals surface area (Å²) in [7, 11) is 0. The zero-order valence-corrected chi connectivity index (χ0v) is 15.6. The molecule has 0 unspecified atom stereocenters. The van der Waals surface area contributed by atoms with Crippen LogP contribution in [0.1, 0.15) is 5.56 Å². The number of benzene rings is 2. The maximum absolute atomic E-state index is 9.89. The number of phenols is 1. The maximum atomic E-state index is 9.89. The highest BCUT2D eigenvalue weighted by Crippen LogP contribution is 2.26. The van der Waals surface area contributed by atoms with Crippen molar-refractivity contribution in [1.82, 2.24) is 14.9 Å². The zero-order chi connectivity index (χ0) is 16.4. The first kappa shape index (κ1) is 16.1. The summed E-state index contributed by atoms with van der Waals surface area (Å²) < 4.78 is 3.60. The van der Waals surface area contributed by atoms with E-state index in [9.17, 15) is 5.11 Å². The molecule has 8 heteroatoms. The lowest BCUT2D eigenvalue weighted by Crippen LogP contribution is -1.96. The molecular formula is C15H10Br2N4OS. The fourth-order valence-corrected chi connectivity index (χ4v) is 2.98.